The molecule has 2 nitrogen and oxygen atoms in total. The lowest BCUT2D eigenvalue weighted by molar-refractivity contribution is 0.225. The van der Waals surface area contributed by atoms with E-state index in [-0.39, 0.29) is 0 Å². The van der Waals surface area contributed by atoms with E-state index < -0.39 is 5.43 Å². The lowest BCUT2D eigenvalue weighted by Gasteiger charge is -2.03. The molecule has 0 bridgehead atoms. The Morgan fingerprint density at radius 1 is 1.50 bits per heavy atom. The molecule has 1 aromatic carbocycles. The first-order valence-electron chi connectivity index (χ1n) is 3.23. The molecule has 0 saturated carbocycles. The van der Waals surface area contributed by atoms with Gasteiger partial charge in [-0.2, -0.15) is 0 Å². The van der Waals surface area contributed by atoms with E-state index in [1.54, 1.807) is 19.1 Å². The largest absolute Gasteiger partial charge is 0.414 e. The highest BCUT2D eigenvalue weighted by molar-refractivity contribution is 6.61. The van der Waals surface area contributed by atoms with Gasteiger partial charge in [-0.15, -0.1) is 0 Å². The maximum atomic E-state index is 10.4. The number of benzene rings is 1. The van der Waals surface area contributed by atoms with Crippen molar-refractivity contribution in [3.8, 4) is 5.75 Å². The third kappa shape index (κ3) is 2.40. The first-order valence-corrected chi connectivity index (χ1v) is 3.98. The minimum absolute atomic E-state index is 0.391. The summed E-state index contributed by atoms with van der Waals surface area (Å²) in [7, 11) is 0. The molecule has 0 aliphatic rings. The van der Waals surface area contributed by atoms with Gasteiger partial charge in [0.25, 0.3) is 0 Å². The van der Waals surface area contributed by atoms with Gasteiger partial charge < -0.3 is 4.74 Å². The van der Waals surface area contributed by atoms with Crippen molar-refractivity contribution in [1.29, 1.82) is 0 Å². The van der Waals surface area contributed by atoms with Gasteiger partial charge in [-0.05, 0) is 24.6 Å². The van der Waals surface area contributed by atoms with Crippen molar-refractivity contribution in [2.45, 2.75) is 6.92 Å². The first-order chi connectivity index (χ1) is 5.59. The summed E-state index contributed by atoms with van der Waals surface area (Å²) in [5, 5.41) is 0.508. The Hall–Kier alpha value is -0.730. The molecule has 0 atom stereocenters. The number of ether oxygens (including phenoxy) is 1. The summed E-state index contributed by atoms with van der Waals surface area (Å²) in [5.74, 6) is 0.391. The summed E-state index contributed by atoms with van der Waals surface area (Å²) in [4.78, 5) is 10.4. The molecule has 0 amide bonds. The van der Waals surface area contributed by atoms with Crippen LogP contribution in [0.25, 0.3) is 0 Å². The molecule has 0 saturated heterocycles. The molecule has 4 heteroatoms. The lowest BCUT2D eigenvalue weighted by atomic mass is 10.2. The predicted octanol–water partition coefficient (Wildman–Crippen LogP) is 3.39. The summed E-state index contributed by atoms with van der Waals surface area (Å²) >= 11 is 10.7. The Morgan fingerprint density at radius 3 is 2.75 bits per heavy atom. The van der Waals surface area contributed by atoms with Crippen LogP contribution in [0.15, 0.2) is 18.2 Å². The first kappa shape index (κ1) is 9.36. The van der Waals surface area contributed by atoms with Gasteiger partial charge in [0, 0.05) is 16.6 Å². The lowest BCUT2D eigenvalue weighted by Crippen LogP contribution is -1.97. The summed E-state index contributed by atoms with van der Waals surface area (Å²) in [6.07, 6.45) is 0. The van der Waals surface area contributed by atoms with Gasteiger partial charge in [-0.1, -0.05) is 17.7 Å². The third-order valence-electron chi connectivity index (χ3n) is 1.34. The molecule has 64 valence electrons. The molecule has 0 spiro atoms. The maximum Gasteiger partial charge on any atom is 0.409 e. The van der Waals surface area contributed by atoms with Crippen molar-refractivity contribution in [2.24, 2.45) is 0 Å². The molecule has 0 aliphatic heterocycles. The monoisotopic (exact) mass is 204 g/mol. The molecule has 1 rings (SSSR count). The quantitative estimate of drug-likeness (QED) is 0.656. The zero-order valence-corrected chi connectivity index (χ0v) is 7.82. The number of carbonyl (C=O) groups is 1. The topological polar surface area (TPSA) is 26.3 Å². The Balaban J connectivity index is 2.97. The molecule has 0 radical (unpaired) electrons. The molecule has 12 heavy (non-hydrogen) atoms. The van der Waals surface area contributed by atoms with Crippen molar-refractivity contribution < 1.29 is 9.53 Å². The summed E-state index contributed by atoms with van der Waals surface area (Å²) in [5.41, 5.74) is -0.0474. The van der Waals surface area contributed by atoms with Crippen LogP contribution in [0.1, 0.15) is 5.56 Å². The number of carbonyl (C=O) groups excluding carboxylic acids is 1. The Morgan fingerprint density at radius 2 is 2.17 bits per heavy atom. The van der Waals surface area contributed by atoms with Gasteiger partial charge in [-0.3, -0.25) is 0 Å². The summed E-state index contributed by atoms with van der Waals surface area (Å²) in [6, 6.07) is 5.00. The molecular formula is C8H6Cl2O2. The molecule has 0 unspecified atom stereocenters. The van der Waals surface area contributed by atoms with Crippen LogP contribution in [-0.2, 0) is 0 Å². The highest BCUT2D eigenvalue weighted by atomic mass is 35.5. The highest BCUT2D eigenvalue weighted by Crippen LogP contribution is 2.22. The second kappa shape index (κ2) is 3.78. The number of rotatable bonds is 1. The molecule has 0 aliphatic carbocycles. The fraction of sp³-hybridized carbons (Fsp3) is 0.125. The minimum atomic E-state index is -0.861. The van der Waals surface area contributed by atoms with Gasteiger partial charge in [0.2, 0.25) is 0 Å². The van der Waals surface area contributed by atoms with Gasteiger partial charge in [-0.25, -0.2) is 4.79 Å². The van der Waals surface area contributed by atoms with Crippen LogP contribution in [0, 0.1) is 6.92 Å². The predicted molar refractivity (Wildman–Crippen MR) is 48.1 cm³/mol. The zero-order chi connectivity index (χ0) is 9.14. The van der Waals surface area contributed by atoms with Gasteiger partial charge in [0.05, 0.1) is 0 Å². The Kier molecular flexibility index (Phi) is 2.95. The summed E-state index contributed by atoms with van der Waals surface area (Å²) in [6.45, 7) is 1.80. The standard InChI is InChI=1S/C8H6Cl2O2/c1-5-2-3-6(9)4-7(5)12-8(10)11/h2-4H,1H3. The van der Waals surface area contributed by atoms with Crippen LogP contribution < -0.4 is 4.74 Å². The van der Waals surface area contributed by atoms with Crippen molar-refractivity contribution >= 4 is 28.6 Å². The maximum absolute atomic E-state index is 10.4. The average Bonchev–Trinajstić information content (AvgIpc) is 1.96. The zero-order valence-electron chi connectivity index (χ0n) is 6.30. The van der Waals surface area contributed by atoms with E-state index in [0.717, 1.165) is 5.56 Å². The van der Waals surface area contributed by atoms with Crippen LogP contribution in [0.2, 0.25) is 5.02 Å². The van der Waals surface area contributed by atoms with E-state index in [9.17, 15) is 4.79 Å². The molecule has 1 aromatic rings. The smallest absolute Gasteiger partial charge is 0.409 e. The van der Waals surface area contributed by atoms with Crippen LogP contribution >= 0.6 is 23.2 Å². The fourth-order valence-electron chi connectivity index (χ4n) is 0.770. The second-order valence-electron chi connectivity index (χ2n) is 2.25. The SMILES string of the molecule is Cc1ccc(Cl)cc1OC(=O)Cl. The van der Waals surface area contributed by atoms with E-state index in [1.165, 1.54) is 6.07 Å². The van der Waals surface area contributed by atoms with E-state index in [0.29, 0.717) is 10.8 Å². The molecule has 0 fully saturated rings. The molecule has 0 aromatic heterocycles. The van der Waals surface area contributed by atoms with E-state index in [2.05, 4.69) is 4.74 Å². The highest BCUT2D eigenvalue weighted by Gasteiger charge is 2.03. The van der Waals surface area contributed by atoms with Crippen LogP contribution in [0.4, 0.5) is 4.79 Å². The molecule has 0 N–H and O–H groups in total. The van der Waals surface area contributed by atoms with Crippen molar-refractivity contribution in [3.63, 3.8) is 0 Å². The number of hydrogen-bond donors (Lipinski definition) is 0. The van der Waals surface area contributed by atoms with Gasteiger partial charge >= 0.3 is 5.43 Å². The number of hydrogen-bond acceptors (Lipinski definition) is 2. The summed E-state index contributed by atoms with van der Waals surface area (Å²) < 4.78 is 4.67. The van der Waals surface area contributed by atoms with Crippen molar-refractivity contribution in [2.75, 3.05) is 0 Å². The minimum Gasteiger partial charge on any atom is -0.414 e. The van der Waals surface area contributed by atoms with Gasteiger partial charge in [0.1, 0.15) is 5.75 Å². The fourth-order valence-corrected chi connectivity index (χ4v) is 1.02. The number of aryl methyl sites for hydroxylation is 1. The molecular weight excluding hydrogens is 199 g/mol. The van der Waals surface area contributed by atoms with Gasteiger partial charge in [0.15, 0.2) is 0 Å². The van der Waals surface area contributed by atoms with E-state index in [4.69, 9.17) is 23.2 Å². The van der Waals surface area contributed by atoms with Crippen LogP contribution in [0.5, 0.6) is 5.75 Å². The van der Waals surface area contributed by atoms with Crippen LogP contribution in [0.3, 0.4) is 0 Å². The Labute approximate surface area is 80.0 Å². The van der Waals surface area contributed by atoms with E-state index in [1.807, 2.05) is 0 Å². The van der Waals surface area contributed by atoms with Crippen LogP contribution in [-0.4, -0.2) is 5.43 Å². The normalized spacial score (nSPS) is 9.58. The van der Waals surface area contributed by atoms with E-state index >= 15 is 0 Å². The average molecular weight is 205 g/mol. The molecule has 0 heterocycles. The number of halogens is 2. The van der Waals surface area contributed by atoms with Crippen molar-refractivity contribution in [3.05, 3.63) is 28.8 Å². The third-order valence-corrected chi connectivity index (χ3v) is 1.65. The Bertz CT molecular complexity index is 310. The second-order valence-corrected chi connectivity index (χ2v) is 2.99. The van der Waals surface area contributed by atoms with Crippen molar-refractivity contribution in [1.82, 2.24) is 0 Å².